The average molecular weight is 391 g/mol. The third-order valence-electron chi connectivity index (χ3n) is 4.94. The molecule has 0 unspecified atom stereocenters. The van der Waals surface area contributed by atoms with Crippen molar-refractivity contribution in [3.63, 3.8) is 0 Å². The molecule has 2 aromatic carbocycles. The molecule has 0 bridgehead atoms. The van der Waals surface area contributed by atoms with Gasteiger partial charge >= 0.3 is 0 Å². The summed E-state index contributed by atoms with van der Waals surface area (Å²) < 4.78 is 11.3. The molecule has 1 aromatic heterocycles. The maximum atomic E-state index is 12.6. The summed E-state index contributed by atoms with van der Waals surface area (Å²) in [6.07, 6.45) is 0.0691. The molecular weight excluding hydrogens is 370 g/mol. The Morgan fingerprint density at radius 1 is 1.17 bits per heavy atom. The van der Waals surface area contributed by atoms with Crippen LogP contribution in [0.4, 0.5) is 11.4 Å². The molecule has 0 saturated heterocycles. The number of aryl methyl sites for hydroxylation is 2. The molecule has 0 fully saturated rings. The van der Waals surface area contributed by atoms with Gasteiger partial charge in [0.05, 0.1) is 23.5 Å². The van der Waals surface area contributed by atoms with E-state index in [9.17, 15) is 9.59 Å². The number of fused-ring (bicyclic) bond motifs is 1. The number of carbonyl (C=O) groups excluding carboxylic acids is 2. The number of benzene rings is 2. The van der Waals surface area contributed by atoms with Crippen molar-refractivity contribution < 1.29 is 18.7 Å². The minimum absolute atomic E-state index is 0.0570. The lowest BCUT2D eigenvalue weighted by molar-refractivity contribution is -0.121. The van der Waals surface area contributed by atoms with Crippen LogP contribution in [0.5, 0.6) is 5.75 Å². The van der Waals surface area contributed by atoms with Crippen molar-refractivity contribution in [3.05, 3.63) is 59.5 Å². The van der Waals surface area contributed by atoms with E-state index in [1.54, 1.807) is 32.2 Å². The summed E-state index contributed by atoms with van der Waals surface area (Å²) in [6.45, 7) is 3.73. The highest BCUT2D eigenvalue weighted by Gasteiger charge is 2.25. The summed E-state index contributed by atoms with van der Waals surface area (Å²) in [7, 11) is 1.68. The Bertz CT molecular complexity index is 1100. The predicted octanol–water partition coefficient (Wildman–Crippen LogP) is 3.49. The molecule has 2 amide bonds. The van der Waals surface area contributed by atoms with Crippen LogP contribution >= 0.6 is 0 Å². The fourth-order valence-corrected chi connectivity index (χ4v) is 3.27. The first kappa shape index (κ1) is 18.7. The van der Waals surface area contributed by atoms with Gasteiger partial charge in [-0.1, -0.05) is 24.3 Å². The van der Waals surface area contributed by atoms with Gasteiger partial charge in [0.1, 0.15) is 5.76 Å². The summed E-state index contributed by atoms with van der Waals surface area (Å²) in [5.74, 6) is 1.22. The molecule has 1 N–H and O–H groups in total. The molecule has 1 aliphatic heterocycles. The van der Waals surface area contributed by atoms with Gasteiger partial charge in [0.2, 0.25) is 11.8 Å². The van der Waals surface area contributed by atoms with Crippen molar-refractivity contribution >= 4 is 23.2 Å². The molecule has 1 aliphatic rings. The van der Waals surface area contributed by atoms with E-state index in [0.29, 0.717) is 34.5 Å². The summed E-state index contributed by atoms with van der Waals surface area (Å²) in [4.78, 5) is 30.5. The zero-order valence-corrected chi connectivity index (χ0v) is 16.5. The summed E-state index contributed by atoms with van der Waals surface area (Å²) in [5.41, 5.74) is 3.68. The minimum Gasteiger partial charge on any atom is -0.479 e. The third kappa shape index (κ3) is 3.59. The van der Waals surface area contributed by atoms with Crippen molar-refractivity contribution in [2.24, 2.45) is 0 Å². The van der Waals surface area contributed by atoms with Crippen LogP contribution in [0, 0.1) is 13.8 Å². The number of aromatic nitrogens is 1. The van der Waals surface area contributed by atoms with Crippen LogP contribution in [0.2, 0.25) is 0 Å². The third-order valence-corrected chi connectivity index (χ3v) is 4.94. The van der Waals surface area contributed by atoms with Crippen LogP contribution in [0.3, 0.4) is 0 Å². The first-order valence-corrected chi connectivity index (χ1v) is 9.28. The number of ether oxygens (including phenoxy) is 1. The standard InChI is InChI=1S/C22H21N3O4/c1-13-7-4-5-8-15(13)22-24-17(14(2)29-22)11-19(26)23-16-9-6-10-18-21(16)28-12-20(27)25(18)3/h4-10H,11-12H2,1-3H3,(H,23,26). The normalized spacial score (nSPS) is 13.1. The van der Waals surface area contributed by atoms with Gasteiger partial charge in [-0.3, -0.25) is 9.59 Å². The van der Waals surface area contributed by atoms with Gasteiger partial charge in [0.15, 0.2) is 12.4 Å². The Kier molecular flexibility index (Phi) is 4.80. The molecule has 0 saturated carbocycles. The van der Waals surface area contributed by atoms with Gasteiger partial charge in [-0.25, -0.2) is 4.98 Å². The zero-order valence-electron chi connectivity index (χ0n) is 16.5. The van der Waals surface area contributed by atoms with E-state index in [-0.39, 0.29) is 24.8 Å². The topological polar surface area (TPSA) is 84.7 Å². The number of nitrogens with one attached hydrogen (secondary N) is 1. The fourth-order valence-electron chi connectivity index (χ4n) is 3.27. The average Bonchev–Trinajstić information content (AvgIpc) is 3.05. The quantitative estimate of drug-likeness (QED) is 0.736. The Morgan fingerprint density at radius 3 is 2.76 bits per heavy atom. The van der Waals surface area contributed by atoms with Crippen LogP contribution in [0.15, 0.2) is 46.9 Å². The molecular formula is C22H21N3O4. The molecule has 7 heteroatoms. The fraction of sp³-hybridized carbons (Fsp3) is 0.227. The molecule has 4 rings (SSSR count). The largest absolute Gasteiger partial charge is 0.479 e. The van der Waals surface area contributed by atoms with Crippen LogP contribution in [0.25, 0.3) is 11.5 Å². The molecule has 0 atom stereocenters. The smallest absolute Gasteiger partial charge is 0.264 e. The van der Waals surface area contributed by atoms with Gasteiger partial charge in [0, 0.05) is 12.6 Å². The van der Waals surface area contributed by atoms with Gasteiger partial charge < -0.3 is 19.4 Å². The van der Waals surface area contributed by atoms with Crippen LogP contribution < -0.4 is 15.0 Å². The molecule has 148 valence electrons. The van der Waals surface area contributed by atoms with Crippen LogP contribution in [-0.4, -0.2) is 30.5 Å². The summed E-state index contributed by atoms with van der Waals surface area (Å²) in [6, 6.07) is 13.1. The van der Waals surface area contributed by atoms with Crippen LogP contribution in [-0.2, 0) is 16.0 Å². The second-order valence-corrected chi connectivity index (χ2v) is 6.96. The molecule has 0 spiro atoms. The molecule has 0 aliphatic carbocycles. The number of oxazole rings is 1. The van der Waals surface area contributed by atoms with Crippen LogP contribution in [0.1, 0.15) is 17.0 Å². The lowest BCUT2D eigenvalue weighted by atomic mass is 10.1. The van der Waals surface area contributed by atoms with E-state index in [2.05, 4.69) is 10.3 Å². The number of hydrogen-bond acceptors (Lipinski definition) is 5. The highest BCUT2D eigenvalue weighted by molar-refractivity contribution is 6.01. The number of nitrogens with zero attached hydrogens (tertiary/aromatic N) is 2. The highest BCUT2D eigenvalue weighted by atomic mass is 16.5. The molecule has 7 nitrogen and oxygen atoms in total. The molecule has 3 aromatic rings. The van der Waals surface area contributed by atoms with E-state index >= 15 is 0 Å². The number of para-hydroxylation sites is 1. The highest BCUT2D eigenvalue weighted by Crippen LogP contribution is 2.38. The Labute approximate surface area is 168 Å². The second-order valence-electron chi connectivity index (χ2n) is 6.96. The first-order valence-electron chi connectivity index (χ1n) is 9.28. The van der Waals surface area contributed by atoms with Gasteiger partial charge in [-0.05, 0) is 37.6 Å². The molecule has 0 radical (unpaired) electrons. The molecule has 29 heavy (non-hydrogen) atoms. The number of anilines is 2. The van der Waals surface area contributed by atoms with Crippen molar-refractivity contribution in [1.82, 2.24) is 4.98 Å². The zero-order chi connectivity index (χ0) is 20.5. The van der Waals surface area contributed by atoms with E-state index in [0.717, 1.165) is 11.1 Å². The summed E-state index contributed by atoms with van der Waals surface area (Å²) >= 11 is 0. The molecule has 2 heterocycles. The lowest BCUT2D eigenvalue weighted by Crippen LogP contribution is -2.35. The second kappa shape index (κ2) is 7.43. The number of amides is 2. The van der Waals surface area contributed by atoms with Gasteiger partial charge in [-0.15, -0.1) is 0 Å². The number of carbonyl (C=O) groups is 2. The predicted molar refractivity (Wildman–Crippen MR) is 109 cm³/mol. The Balaban J connectivity index is 1.53. The number of likely N-dealkylation sites (N-methyl/N-ethyl adjacent to an activating group) is 1. The van der Waals surface area contributed by atoms with Crippen molar-refractivity contribution in [1.29, 1.82) is 0 Å². The van der Waals surface area contributed by atoms with Crippen molar-refractivity contribution in [2.45, 2.75) is 20.3 Å². The van der Waals surface area contributed by atoms with E-state index in [4.69, 9.17) is 9.15 Å². The van der Waals surface area contributed by atoms with E-state index < -0.39 is 0 Å². The Hall–Kier alpha value is -3.61. The summed E-state index contributed by atoms with van der Waals surface area (Å²) in [5, 5.41) is 2.86. The van der Waals surface area contributed by atoms with Gasteiger partial charge in [-0.2, -0.15) is 0 Å². The SMILES string of the molecule is Cc1ccccc1-c1nc(CC(=O)Nc2cccc3c2OCC(=O)N3C)c(C)o1. The maximum Gasteiger partial charge on any atom is 0.264 e. The monoisotopic (exact) mass is 391 g/mol. The minimum atomic E-state index is -0.241. The van der Waals surface area contributed by atoms with Crippen molar-refractivity contribution in [3.8, 4) is 17.2 Å². The first-order chi connectivity index (χ1) is 13.9. The maximum absolute atomic E-state index is 12.6. The Morgan fingerprint density at radius 2 is 1.97 bits per heavy atom. The van der Waals surface area contributed by atoms with E-state index in [1.807, 2.05) is 31.2 Å². The van der Waals surface area contributed by atoms with Crippen molar-refractivity contribution in [2.75, 3.05) is 23.9 Å². The van der Waals surface area contributed by atoms with E-state index in [1.165, 1.54) is 4.90 Å². The lowest BCUT2D eigenvalue weighted by Gasteiger charge is -2.27. The van der Waals surface area contributed by atoms with Gasteiger partial charge in [0.25, 0.3) is 5.91 Å². The number of hydrogen-bond donors (Lipinski definition) is 1. The number of rotatable bonds is 4.